The molecule has 0 unspecified atom stereocenters. The Morgan fingerprint density at radius 2 is 1.62 bits per heavy atom. The Morgan fingerprint density at radius 1 is 0.950 bits per heavy atom. The fraction of sp³-hybridized carbons (Fsp3) is 0.133. The summed E-state index contributed by atoms with van der Waals surface area (Å²) in [7, 11) is -2.65. The van der Waals surface area contributed by atoms with E-state index in [1.807, 2.05) is 31.2 Å². The van der Waals surface area contributed by atoms with Gasteiger partial charge in [0.2, 0.25) is 0 Å². The van der Waals surface area contributed by atoms with Crippen LogP contribution >= 0.6 is 11.6 Å². The van der Waals surface area contributed by atoms with Crippen LogP contribution in [0.1, 0.15) is 16.7 Å². The molecule has 0 aromatic heterocycles. The van der Waals surface area contributed by atoms with Crippen molar-refractivity contribution >= 4 is 39.4 Å². The molecule has 0 aliphatic carbocycles. The van der Waals surface area contributed by atoms with Crippen molar-refractivity contribution < 1.29 is 22.7 Å². The summed E-state index contributed by atoms with van der Waals surface area (Å²) in [5.41, 5.74) is 5.26. The van der Waals surface area contributed by atoms with Gasteiger partial charge in [0.1, 0.15) is 24.7 Å². The monoisotopic (exact) mass is 577 g/mol. The number of anilines is 1. The van der Waals surface area contributed by atoms with Gasteiger partial charge in [-0.2, -0.15) is 5.10 Å². The van der Waals surface area contributed by atoms with E-state index in [9.17, 15) is 13.2 Å². The predicted octanol–water partition coefficient (Wildman–Crippen LogP) is 5.58. The maximum absolute atomic E-state index is 13.6. The highest BCUT2D eigenvalue weighted by molar-refractivity contribution is 7.92. The van der Waals surface area contributed by atoms with E-state index < -0.39 is 22.5 Å². The molecule has 206 valence electrons. The van der Waals surface area contributed by atoms with Gasteiger partial charge in [-0.3, -0.25) is 9.10 Å². The van der Waals surface area contributed by atoms with Crippen molar-refractivity contribution in [1.82, 2.24) is 5.43 Å². The van der Waals surface area contributed by atoms with Crippen LogP contribution in [0.4, 0.5) is 5.69 Å². The van der Waals surface area contributed by atoms with Gasteiger partial charge in [-0.05, 0) is 78.7 Å². The Morgan fingerprint density at radius 3 is 2.30 bits per heavy atom. The number of carbonyl (C=O) groups is 1. The average Bonchev–Trinajstić information content (AvgIpc) is 2.96. The predicted molar refractivity (Wildman–Crippen MR) is 157 cm³/mol. The summed E-state index contributed by atoms with van der Waals surface area (Å²) in [5, 5.41) is 4.66. The summed E-state index contributed by atoms with van der Waals surface area (Å²) in [6.07, 6.45) is 1.46. The molecule has 0 atom stereocenters. The third-order valence-corrected chi connectivity index (χ3v) is 7.88. The van der Waals surface area contributed by atoms with Crippen LogP contribution in [0, 0.1) is 6.92 Å². The number of hydrogen-bond acceptors (Lipinski definition) is 6. The van der Waals surface area contributed by atoms with Gasteiger partial charge in [0, 0.05) is 5.02 Å². The lowest BCUT2D eigenvalue weighted by atomic mass is 10.2. The molecule has 0 bridgehead atoms. The van der Waals surface area contributed by atoms with Gasteiger partial charge in [0.15, 0.2) is 0 Å². The van der Waals surface area contributed by atoms with Crippen LogP contribution in [0.3, 0.4) is 0 Å². The van der Waals surface area contributed by atoms with Gasteiger partial charge in [0.25, 0.3) is 15.9 Å². The van der Waals surface area contributed by atoms with E-state index >= 15 is 0 Å². The van der Waals surface area contributed by atoms with Crippen LogP contribution < -0.4 is 19.2 Å². The first kappa shape index (κ1) is 28.7. The molecular formula is C30H28ClN3O5S. The standard InChI is InChI=1S/C30H28ClN3O5S/c1-22-7-17-27(18-8-22)40(36,37)34(28-5-3-4-6-29(28)38-2)20-30(35)33-32-19-23-11-15-26(16-12-23)39-21-24-9-13-25(31)14-10-24/h3-19H,20-21H2,1-2H3,(H,33,35)/b32-19-. The number of ether oxygens (including phenoxy) is 2. The van der Waals surface area contributed by atoms with Gasteiger partial charge >= 0.3 is 0 Å². The van der Waals surface area contributed by atoms with Crippen molar-refractivity contribution in [2.75, 3.05) is 18.0 Å². The van der Waals surface area contributed by atoms with E-state index in [-0.39, 0.29) is 10.6 Å². The van der Waals surface area contributed by atoms with Crippen LogP contribution in [0.5, 0.6) is 11.5 Å². The number of nitrogens with zero attached hydrogens (tertiary/aromatic N) is 2. The number of aryl methyl sites for hydroxylation is 1. The molecule has 4 rings (SSSR count). The number of rotatable bonds is 11. The first-order valence-electron chi connectivity index (χ1n) is 12.3. The number of benzene rings is 4. The fourth-order valence-electron chi connectivity index (χ4n) is 3.71. The zero-order chi connectivity index (χ0) is 28.5. The number of amides is 1. The van der Waals surface area contributed by atoms with Gasteiger partial charge in [-0.25, -0.2) is 13.8 Å². The summed E-state index contributed by atoms with van der Waals surface area (Å²) in [4.78, 5) is 12.9. The summed E-state index contributed by atoms with van der Waals surface area (Å²) >= 11 is 5.91. The Balaban J connectivity index is 1.43. The lowest BCUT2D eigenvalue weighted by Gasteiger charge is -2.25. The van der Waals surface area contributed by atoms with Crippen molar-refractivity contribution in [3.63, 3.8) is 0 Å². The molecule has 1 N–H and O–H groups in total. The number of nitrogens with one attached hydrogen (secondary N) is 1. The zero-order valence-electron chi connectivity index (χ0n) is 22.0. The molecule has 1 amide bonds. The molecule has 0 saturated heterocycles. The highest BCUT2D eigenvalue weighted by Crippen LogP contribution is 2.32. The molecular weight excluding hydrogens is 550 g/mol. The molecule has 8 nitrogen and oxygen atoms in total. The largest absolute Gasteiger partial charge is 0.495 e. The molecule has 4 aromatic carbocycles. The minimum absolute atomic E-state index is 0.0543. The third-order valence-electron chi connectivity index (χ3n) is 5.85. The third kappa shape index (κ3) is 7.40. The van der Waals surface area contributed by atoms with E-state index in [0.717, 1.165) is 15.4 Å². The second-order valence-corrected chi connectivity index (χ2v) is 11.1. The number of sulfonamides is 1. The van der Waals surface area contributed by atoms with Crippen molar-refractivity contribution in [2.45, 2.75) is 18.4 Å². The highest BCUT2D eigenvalue weighted by Gasteiger charge is 2.29. The number of hydrazone groups is 1. The van der Waals surface area contributed by atoms with Crippen molar-refractivity contribution in [3.05, 3.63) is 119 Å². The van der Waals surface area contributed by atoms with Crippen molar-refractivity contribution in [2.24, 2.45) is 5.10 Å². The molecule has 0 radical (unpaired) electrons. The van der Waals surface area contributed by atoms with Gasteiger partial charge in [0.05, 0.1) is 23.9 Å². The molecule has 0 aliphatic heterocycles. The second kappa shape index (κ2) is 13.1. The molecule has 4 aromatic rings. The number of para-hydroxylation sites is 2. The van der Waals surface area contributed by atoms with E-state index in [1.54, 1.807) is 60.7 Å². The zero-order valence-corrected chi connectivity index (χ0v) is 23.5. The molecule has 0 fully saturated rings. The molecule has 0 spiro atoms. The Hall–Kier alpha value is -4.34. The normalized spacial score (nSPS) is 11.3. The van der Waals surface area contributed by atoms with E-state index in [0.29, 0.717) is 28.7 Å². The van der Waals surface area contributed by atoms with E-state index in [4.69, 9.17) is 21.1 Å². The Kier molecular flexibility index (Phi) is 9.42. The maximum Gasteiger partial charge on any atom is 0.264 e. The van der Waals surface area contributed by atoms with Crippen LogP contribution in [0.25, 0.3) is 0 Å². The lowest BCUT2D eigenvalue weighted by molar-refractivity contribution is -0.119. The van der Waals surface area contributed by atoms with E-state index in [1.165, 1.54) is 25.5 Å². The SMILES string of the molecule is COc1ccccc1N(CC(=O)N/N=C\c1ccc(OCc2ccc(Cl)cc2)cc1)S(=O)(=O)c1ccc(C)cc1. The van der Waals surface area contributed by atoms with Crippen LogP contribution in [-0.2, 0) is 21.4 Å². The molecule has 40 heavy (non-hydrogen) atoms. The van der Waals surface area contributed by atoms with Crippen molar-refractivity contribution in [3.8, 4) is 11.5 Å². The summed E-state index contributed by atoms with van der Waals surface area (Å²) < 4.78 is 39.3. The smallest absolute Gasteiger partial charge is 0.264 e. The van der Waals surface area contributed by atoms with Crippen molar-refractivity contribution in [1.29, 1.82) is 0 Å². The maximum atomic E-state index is 13.6. The minimum atomic E-state index is -4.09. The van der Waals surface area contributed by atoms with E-state index in [2.05, 4.69) is 10.5 Å². The quantitative estimate of drug-likeness (QED) is 0.185. The summed E-state index contributed by atoms with van der Waals surface area (Å²) in [5.74, 6) is 0.360. The second-order valence-electron chi connectivity index (χ2n) is 8.77. The van der Waals surface area contributed by atoms with Crippen LogP contribution in [0.15, 0.2) is 107 Å². The fourth-order valence-corrected chi connectivity index (χ4v) is 5.27. The molecule has 0 heterocycles. The Labute approximate surface area is 238 Å². The number of hydrogen-bond donors (Lipinski definition) is 1. The topological polar surface area (TPSA) is 97.3 Å². The number of methoxy groups -OCH3 is 1. The number of halogens is 1. The molecule has 10 heteroatoms. The minimum Gasteiger partial charge on any atom is -0.495 e. The summed E-state index contributed by atoms with van der Waals surface area (Å²) in [6, 6.07) is 27.6. The lowest BCUT2D eigenvalue weighted by Crippen LogP contribution is -2.39. The average molecular weight is 578 g/mol. The van der Waals surface area contributed by atoms with Gasteiger partial charge < -0.3 is 9.47 Å². The number of carbonyl (C=O) groups excluding carboxylic acids is 1. The van der Waals surface area contributed by atoms with Crippen LogP contribution in [0.2, 0.25) is 5.02 Å². The Bertz CT molecular complexity index is 1570. The summed E-state index contributed by atoms with van der Waals surface area (Å²) in [6.45, 7) is 1.75. The van der Waals surface area contributed by atoms with Crippen LogP contribution in [-0.4, -0.2) is 34.2 Å². The van der Waals surface area contributed by atoms with Gasteiger partial charge in [-0.15, -0.1) is 0 Å². The highest BCUT2D eigenvalue weighted by atomic mass is 35.5. The molecule has 0 saturated carbocycles. The first-order chi connectivity index (χ1) is 19.3. The molecule has 0 aliphatic rings. The van der Waals surface area contributed by atoms with Gasteiger partial charge in [-0.1, -0.05) is 53.6 Å². The first-order valence-corrected chi connectivity index (χ1v) is 14.1.